The summed E-state index contributed by atoms with van der Waals surface area (Å²) < 4.78 is 19.9. The highest BCUT2D eigenvalue weighted by Gasteiger charge is 2.44. The number of ether oxygens (including phenoxy) is 1. The number of hydrogen-bond acceptors (Lipinski definition) is 8. The first kappa shape index (κ1) is 21.7. The molecule has 3 aliphatic rings. The average molecular weight is 461 g/mol. The number of amidine groups is 1. The van der Waals surface area contributed by atoms with Gasteiger partial charge in [-0.1, -0.05) is 24.6 Å². The van der Waals surface area contributed by atoms with Crippen molar-refractivity contribution in [1.29, 1.82) is 0 Å². The molecule has 1 saturated heterocycles. The van der Waals surface area contributed by atoms with Gasteiger partial charge in [0, 0.05) is 6.54 Å². The third-order valence-corrected chi connectivity index (χ3v) is 6.97. The molecular formula is C24H24N6O2S. The van der Waals surface area contributed by atoms with Gasteiger partial charge in [0.25, 0.3) is 0 Å². The Hall–Kier alpha value is -3.16. The van der Waals surface area contributed by atoms with Crippen molar-refractivity contribution in [2.24, 2.45) is 26.7 Å². The van der Waals surface area contributed by atoms with Gasteiger partial charge in [-0.2, -0.15) is 5.10 Å². The van der Waals surface area contributed by atoms with Crippen molar-refractivity contribution in [1.82, 2.24) is 9.31 Å². The summed E-state index contributed by atoms with van der Waals surface area (Å²) in [4.78, 5) is 8.84. The van der Waals surface area contributed by atoms with E-state index in [4.69, 9.17) is 22.0 Å². The number of benzene rings is 2. The first-order valence-electron chi connectivity index (χ1n) is 10.8. The molecule has 0 aromatic heterocycles. The molecule has 0 amide bonds. The molecule has 4 unspecified atom stereocenters. The van der Waals surface area contributed by atoms with Crippen LogP contribution in [0.15, 0.2) is 69.7 Å². The Bertz CT molecular complexity index is 1130. The molecule has 168 valence electrons. The van der Waals surface area contributed by atoms with Crippen molar-refractivity contribution < 1.29 is 9.29 Å². The quantitative estimate of drug-likeness (QED) is 0.546. The van der Waals surface area contributed by atoms with E-state index >= 15 is 0 Å². The maximum atomic E-state index is 12.2. The Morgan fingerprint density at radius 2 is 1.88 bits per heavy atom. The summed E-state index contributed by atoms with van der Waals surface area (Å²) >= 11 is -1.43. The summed E-state index contributed by atoms with van der Waals surface area (Å²) in [5, 5.41) is 9.21. The number of para-hydroxylation sites is 1. The zero-order chi connectivity index (χ0) is 22.8. The molecular weight excluding hydrogens is 436 g/mol. The van der Waals surface area contributed by atoms with Gasteiger partial charge in [0.15, 0.2) is 5.25 Å². The summed E-state index contributed by atoms with van der Waals surface area (Å²) in [6.45, 7) is 1.26. The van der Waals surface area contributed by atoms with Crippen LogP contribution in [0.1, 0.15) is 18.4 Å². The number of terminal acetylenes is 1. The highest BCUT2D eigenvalue weighted by atomic mass is 32.2. The van der Waals surface area contributed by atoms with Crippen molar-refractivity contribution in [3.63, 3.8) is 0 Å². The normalized spacial score (nSPS) is 25.6. The lowest BCUT2D eigenvalue weighted by Crippen LogP contribution is -2.51. The molecule has 9 heteroatoms. The first-order valence-corrected chi connectivity index (χ1v) is 11.9. The number of rotatable bonds is 5. The SMILES string of the molecule is C#C[S+]([O-])N1CCCC(N2N=C(c3ccc(Oc4ccccc4)cc3)C3C2=NC=NC3N)C1. The molecule has 2 N–H and O–H groups in total. The Balaban J connectivity index is 1.41. The van der Waals surface area contributed by atoms with Crippen LogP contribution in [0.3, 0.4) is 0 Å². The summed E-state index contributed by atoms with van der Waals surface area (Å²) in [5.74, 6) is 2.04. The number of hydrogen-bond donors (Lipinski definition) is 1. The summed E-state index contributed by atoms with van der Waals surface area (Å²) in [7, 11) is 0. The van der Waals surface area contributed by atoms with Gasteiger partial charge < -0.3 is 15.0 Å². The van der Waals surface area contributed by atoms with Crippen LogP contribution in [0.2, 0.25) is 0 Å². The largest absolute Gasteiger partial charge is 0.585 e. The summed E-state index contributed by atoms with van der Waals surface area (Å²) in [6.07, 6.45) is 8.19. The molecule has 0 radical (unpaired) electrons. The van der Waals surface area contributed by atoms with Crippen molar-refractivity contribution in [3.05, 3.63) is 60.2 Å². The maximum Gasteiger partial charge on any atom is 0.170 e. The number of piperidine rings is 1. The molecule has 0 aliphatic carbocycles. The minimum absolute atomic E-state index is 0.00851. The Morgan fingerprint density at radius 1 is 1.12 bits per heavy atom. The van der Waals surface area contributed by atoms with E-state index in [2.05, 4.69) is 15.2 Å². The second kappa shape index (κ2) is 9.37. The van der Waals surface area contributed by atoms with Gasteiger partial charge in [-0.05, 0) is 54.8 Å². The lowest BCUT2D eigenvalue weighted by molar-refractivity contribution is 0.209. The average Bonchev–Trinajstić information content (AvgIpc) is 3.26. The van der Waals surface area contributed by atoms with Crippen LogP contribution in [-0.4, -0.2) is 57.0 Å². The van der Waals surface area contributed by atoms with Crippen molar-refractivity contribution in [2.45, 2.75) is 25.0 Å². The predicted octanol–water partition coefficient (Wildman–Crippen LogP) is 2.56. The monoisotopic (exact) mass is 460 g/mol. The molecule has 5 rings (SSSR count). The highest BCUT2D eigenvalue weighted by molar-refractivity contribution is 7.93. The van der Waals surface area contributed by atoms with Gasteiger partial charge in [0.1, 0.15) is 41.2 Å². The van der Waals surface area contributed by atoms with Crippen LogP contribution in [-0.2, 0) is 11.4 Å². The van der Waals surface area contributed by atoms with E-state index in [-0.39, 0.29) is 12.0 Å². The molecule has 2 aromatic carbocycles. The molecule has 33 heavy (non-hydrogen) atoms. The van der Waals surface area contributed by atoms with Crippen molar-refractivity contribution >= 4 is 29.2 Å². The van der Waals surface area contributed by atoms with Crippen molar-refractivity contribution in [2.75, 3.05) is 13.1 Å². The van der Waals surface area contributed by atoms with E-state index in [1.54, 1.807) is 0 Å². The fraction of sp³-hybridized carbons (Fsp3) is 0.292. The predicted molar refractivity (Wildman–Crippen MR) is 130 cm³/mol. The Morgan fingerprint density at radius 3 is 2.64 bits per heavy atom. The molecule has 3 heterocycles. The van der Waals surface area contributed by atoms with Crippen molar-refractivity contribution in [3.8, 4) is 23.2 Å². The minimum Gasteiger partial charge on any atom is -0.585 e. The van der Waals surface area contributed by atoms with Gasteiger partial charge >= 0.3 is 0 Å². The van der Waals surface area contributed by atoms with E-state index in [0.29, 0.717) is 13.1 Å². The first-order chi connectivity index (χ1) is 16.1. The number of aliphatic imine (C=N–C) groups is 2. The van der Waals surface area contributed by atoms with Crippen LogP contribution in [0.4, 0.5) is 0 Å². The van der Waals surface area contributed by atoms with E-state index in [1.807, 2.05) is 63.9 Å². The van der Waals surface area contributed by atoms with Gasteiger partial charge in [-0.15, -0.1) is 4.31 Å². The second-order valence-corrected chi connectivity index (χ2v) is 9.29. The zero-order valence-corrected chi connectivity index (χ0v) is 18.8. The molecule has 8 nitrogen and oxygen atoms in total. The van der Waals surface area contributed by atoms with Gasteiger partial charge in [0.2, 0.25) is 0 Å². The number of nitrogens with zero attached hydrogens (tertiary/aromatic N) is 5. The van der Waals surface area contributed by atoms with E-state index in [0.717, 1.165) is 41.5 Å². The fourth-order valence-electron chi connectivity index (χ4n) is 4.37. The lowest BCUT2D eigenvalue weighted by atomic mass is 9.93. The highest BCUT2D eigenvalue weighted by Crippen LogP contribution is 2.32. The van der Waals surface area contributed by atoms with Gasteiger partial charge in [0.05, 0.1) is 24.2 Å². The van der Waals surface area contributed by atoms with Crippen LogP contribution >= 0.6 is 0 Å². The Labute approximate surface area is 196 Å². The topological polar surface area (TPSA) is 102 Å². The maximum absolute atomic E-state index is 12.2. The van der Waals surface area contributed by atoms with E-state index in [1.165, 1.54) is 6.34 Å². The minimum atomic E-state index is -1.43. The fourth-order valence-corrected chi connectivity index (χ4v) is 5.13. The zero-order valence-electron chi connectivity index (χ0n) is 17.9. The van der Waals surface area contributed by atoms with Gasteiger partial charge in [-0.25, -0.2) is 10.0 Å². The molecule has 4 atom stereocenters. The molecule has 2 aromatic rings. The summed E-state index contributed by atoms with van der Waals surface area (Å²) in [6, 6.07) is 17.4. The number of hydrazone groups is 1. The van der Waals surface area contributed by atoms with E-state index < -0.39 is 17.5 Å². The van der Waals surface area contributed by atoms with Gasteiger partial charge in [-0.3, -0.25) is 4.99 Å². The third-order valence-electron chi connectivity index (χ3n) is 5.96. The molecule has 0 spiro atoms. The van der Waals surface area contributed by atoms with Crippen LogP contribution in [0, 0.1) is 17.6 Å². The molecule has 3 aliphatic heterocycles. The lowest BCUT2D eigenvalue weighted by Gasteiger charge is -2.35. The summed E-state index contributed by atoms with van der Waals surface area (Å²) in [5.41, 5.74) is 8.12. The number of nitrogens with two attached hydrogens (primary N) is 1. The Kier molecular flexibility index (Phi) is 6.15. The third kappa shape index (κ3) is 4.38. The number of fused-ring (bicyclic) bond motifs is 1. The van der Waals surface area contributed by atoms with Crippen LogP contribution < -0.4 is 10.5 Å². The van der Waals surface area contributed by atoms with E-state index in [9.17, 15) is 4.55 Å². The smallest absolute Gasteiger partial charge is 0.170 e. The standard InChI is InChI=1S/C24H24N6O2S/c1-2-33(31)29-14-6-7-18(15-29)30-24-21(23(25)26-16-27-24)22(28-30)17-10-12-20(13-11-17)32-19-8-4-3-5-9-19/h1,3-5,8-13,16,18,21,23H,6-7,14-15,25H2. The molecule has 0 bridgehead atoms. The second-order valence-electron chi connectivity index (χ2n) is 8.04. The molecule has 1 fully saturated rings. The molecule has 0 saturated carbocycles. The van der Waals surface area contributed by atoms with Crippen LogP contribution in [0.5, 0.6) is 11.5 Å². The van der Waals surface area contributed by atoms with Crippen LogP contribution in [0.25, 0.3) is 0 Å².